The van der Waals surface area contributed by atoms with E-state index in [9.17, 15) is 8.42 Å². The number of hydrogen-bond acceptors (Lipinski definition) is 4. The highest BCUT2D eigenvalue weighted by Gasteiger charge is 2.21. The van der Waals surface area contributed by atoms with Gasteiger partial charge in [-0.1, -0.05) is 17.7 Å². The van der Waals surface area contributed by atoms with Crippen LogP contribution in [0.25, 0.3) is 11.0 Å². The first-order valence-corrected chi connectivity index (χ1v) is 8.04. The van der Waals surface area contributed by atoms with Gasteiger partial charge in [0, 0.05) is 17.8 Å². The molecular formula is C14H12ClN3O2S. The molecule has 0 aliphatic carbocycles. The van der Waals surface area contributed by atoms with E-state index in [0.29, 0.717) is 5.39 Å². The molecule has 108 valence electrons. The first kappa shape index (κ1) is 14.0. The van der Waals surface area contributed by atoms with Crippen LogP contribution in [-0.4, -0.2) is 22.4 Å². The molecule has 0 radical (unpaired) electrons. The number of aromatic nitrogens is 3. The van der Waals surface area contributed by atoms with Crippen molar-refractivity contribution in [3.05, 3.63) is 53.1 Å². The molecule has 0 unspecified atom stereocenters. The molecule has 0 bridgehead atoms. The summed E-state index contributed by atoms with van der Waals surface area (Å²) in [5, 5.41) is 0.677. The van der Waals surface area contributed by atoms with Crippen molar-refractivity contribution < 1.29 is 8.42 Å². The van der Waals surface area contributed by atoms with Crippen LogP contribution in [0.2, 0.25) is 5.28 Å². The molecule has 0 amide bonds. The van der Waals surface area contributed by atoms with Gasteiger partial charge in [-0.15, -0.1) is 0 Å². The standard InChI is InChI=1S/C14H12ClN3O2S/c1-9-3-5-11(6-4-9)21(19,20)18-8-10(2)12-7-16-14(15)17-13(12)18/h3-8H,1-2H3. The van der Waals surface area contributed by atoms with Crippen LogP contribution < -0.4 is 0 Å². The minimum absolute atomic E-state index is 0.0148. The minimum atomic E-state index is -3.71. The summed E-state index contributed by atoms with van der Waals surface area (Å²) in [7, 11) is -3.71. The summed E-state index contributed by atoms with van der Waals surface area (Å²) in [5.74, 6) is 0. The normalized spacial score (nSPS) is 12.0. The largest absolute Gasteiger partial charge is 0.269 e. The zero-order valence-corrected chi connectivity index (χ0v) is 13.0. The zero-order valence-electron chi connectivity index (χ0n) is 11.4. The summed E-state index contributed by atoms with van der Waals surface area (Å²) in [6, 6.07) is 6.67. The summed E-state index contributed by atoms with van der Waals surface area (Å²) in [6.07, 6.45) is 3.06. The van der Waals surface area contributed by atoms with Gasteiger partial charge in [0.15, 0.2) is 5.65 Å². The number of halogens is 1. The number of nitrogens with zero attached hydrogens (tertiary/aromatic N) is 3. The Bertz CT molecular complexity index is 931. The molecule has 2 aromatic heterocycles. The fourth-order valence-electron chi connectivity index (χ4n) is 2.11. The van der Waals surface area contributed by atoms with Crippen molar-refractivity contribution in [1.82, 2.24) is 13.9 Å². The molecular weight excluding hydrogens is 310 g/mol. The molecule has 0 fully saturated rings. The van der Waals surface area contributed by atoms with E-state index in [2.05, 4.69) is 9.97 Å². The predicted octanol–water partition coefficient (Wildman–Crippen LogP) is 2.94. The van der Waals surface area contributed by atoms with Crippen LogP contribution in [0, 0.1) is 13.8 Å². The van der Waals surface area contributed by atoms with E-state index in [4.69, 9.17) is 11.6 Å². The highest BCUT2D eigenvalue weighted by atomic mass is 35.5. The average molecular weight is 322 g/mol. The second-order valence-electron chi connectivity index (χ2n) is 4.80. The van der Waals surface area contributed by atoms with Crippen LogP contribution in [-0.2, 0) is 10.0 Å². The van der Waals surface area contributed by atoms with Crippen molar-refractivity contribution in [1.29, 1.82) is 0 Å². The summed E-state index contributed by atoms with van der Waals surface area (Å²) < 4.78 is 26.6. The quantitative estimate of drug-likeness (QED) is 0.681. The van der Waals surface area contributed by atoms with Crippen LogP contribution in [0.3, 0.4) is 0 Å². The van der Waals surface area contributed by atoms with Crippen LogP contribution in [0.1, 0.15) is 11.1 Å². The second-order valence-corrected chi connectivity index (χ2v) is 6.96. The zero-order chi connectivity index (χ0) is 15.2. The first-order valence-electron chi connectivity index (χ1n) is 6.22. The third kappa shape index (κ3) is 2.30. The molecule has 3 aromatic rings. The van der Waals surface area contributed by atoms with Crippen molar-refractivity contribution in [2.24, 2.45) is 0 Å². The van der Waals surface area contributed by atoms with E-state index in [1.807, 2.05) is 6.92 Å². The smallest absolute Gasteiger partial charge is 0.226 e. The minimum Gasteiger partial charge on any atom is -0.226 e. The van der Waals surface area contributed by atoms with Crippen molar-refractivity contribution >= 4 is 32.7 Å². The van der Waals surface area contributed by atoms with Crippen LogP contribution in [0.5, 0.6) is 0 Å². The van der Waals surface area contributed by atoms with Gasteiger partial charge < -0.3 is 0 Å². The van der Waals surface area contributed by atoms with Crippen molar-refractivity contribution in [3.8, 4) is 0 Å². The van der Waals surface area contributed by atoms with E-state index in [1.54, 1.807) is 31.2 Å². The molecule has 0 saturated carbocycles. The molecule has 3 rings (SSSR count). The van der Waals surface area contributed by atoms with Crippen molar-refractivity contribution in [3.63, 3.8) is 0 Å². The van der Waals surface area contributed by atoms with Crippen molar-refractivity contribution in [2.75, 3.05) is 0 Å². The Hall–Kier alpha value is -1.92. The predicted molar refractivity (Wildman–Crippen MR) is 81.0 cm³/mol. The Labute approximate surface area is 127 Å². The summed E-state index contributed by atoms with van der Waals surface area (Å²) in [6.45, 7) is 3.71. The van der Waals surface area contributed by atoms with E-state index >= 15 is 0 Å². The van der Waals surface area contributed by atoms with Crippen LogP contribution >= 0.6 is 11.6 Å². The highest BCUT2D eigenvalue weighted by Crippen LogP contribution is 2.24. The fourth-order valence-corrected chi connectivity index (χ4v) is 3.61. The monoisotopic (exact) mass is 321 g/mol. The third-order valence-corrected chi connectivity index (χ3v) is 5.11. The molecule has 1 aromatic carbocycles. The number of aryl methyl sites for hydroxylation is 2. The van der Waals surface area contributed by atoms with Gasteiger partial charge in [0.1, 0.15) is 0 Å². The van der Waals surface area contributed by atoms with Crippen molar-refractivity contribution in [2.45, 2.75) is 18.7 Å². The Morgan fingerprint density at radius 3 is 2.48 bits per heavy atom. The number of benzene rings is 1. The maximum atomic E-state index is 12.7. The first-order chi connectivity index (χ1) is 9.89. The lowest BCUT2D eigenvalue weighted by molar-refractivity contribution is 0.588. The Morgan fingerprint density at radius 2 is 1.81 bits per heavy atom. The Balaban J connectivity index is 2.28. The molecule has 0 saturated heterocycles. The van der Waals surface area contributed by atoms with Gasteiger partial charge in [-0.25, -0.2) is 17.4 Å². The Kier molecular flexibility index (Phi) is 3.22. The molecule has 7 heteroatoms. The highest BCUT2D eigenvalue weighted by molar-refractivity contribution is 7.90. The molecule has 2 heterocycles. The van der Waals surface area contributed by atoms with Gasteiger partial charge in [-0.05, 0) is 43.1 Å². The van der Waals surface area contributed by atoms with Gasteiger partial charge in [0.2, 0.25) is 5.28 Å². The maximum Gasteiger partial charge on any atom is 0.269 e. The van der Waals surface area contributed by atoms with E-state index < -0.39 is 10.0 Å². The lowest BCUT2D eigenvalue weighted by atomic mass is 10.2. The van der Waals surface area contributed by atoms with Gasteiger partial charge in [-0.3, -0.25) is 0 Å². The van der Waals surface area contributed by atoms with Gasteiger partial charge in [0.25, 0.3) is 10.0 Å². The fraction of sp³-hybridized carbons (Fsp3) is 0.143. The SMILES string of the molecule is Cc1ccc(S(=O)(=O)n2cc(C)c3cnc(Cl)nc32)cc1. The summed E-state index contributed by atoms with van der Waals surface area (Å²) in [4.78, 5) is 8.15. The number of hydrogen-bond donors (Lipinski definition) is 0. The maximum absolute atomic E-state index is 12.7. The summed E-state index contributed by atoms with van der Waals surface area (Å²) in [5.41, 5.74) is 2.05. The molecule has 0 aliphatic rings. The van der Waals surface area contributed by atoms with E-state index in [1.165, 1.54) is 12.4 Å². The average Bonchev–Trinajstić information content (AvgIpc) is 2.76. The number of rotatable bonds is 2. The molecule has 0 spiro atoms. The van der Waals surface area contributed by atoms with Crippen LogP contribution in [0.4, 0.5) is 0 Å². The topological polar surface area (TPSA) is 64.8 Å². The van der Waals surface area contributed by atoms with Gasteiger partial charge in [-0.2, -0.15) is 4.98 Å². The molecule has 21 heavy (non-hydrogen) atoms. The molecule has 5 nitrogen and oxygen atoms in total. The number of fused-ring (bicyclic) bond motifs is 1. The van der Waals surface area contributed by atoms with E-state index in [0.717, 1.165) is 15.1 Å². The summed E-state index contributed by atoms with van der Waals surface area (Å²) >= 11 is 5.79. The lowest BCUT2D eigenvalue weighted by Crippen LogP contribution is -2.12. The van der Waals surface area contributed by atoms with Crippen LogP contribution in [0.15, 0.2) is 41.6 Å². The molecule has 0 atom stereocenters. The Morgan fingerprint density at radius 1 is 1.14 bits per heavy atom. The van der Waals surface area contributed by atoms with Gasteiger partial charge >= 0.3 is 0 Å². The van der Waals surface area contributed by atoms with E-state index in [-0.39, 0.29) is 15.8 Å². The lowest BCUT2D eigenvalue weighted by Gasteiger charge is -2.07. The second kappa shape index (κ2) is 4.82. The molecule has 0 N–H and O–H groups in total. The molecule has 0 aliphatic heterocycles. The van der Waals surface area contributed by atoms with Gasteiger partial charge in [0.05, 0.1) is 4.90 Å². The third-order valence-electron chi connectivity index (χ3n) is 3.26.